The highest BCUT2D eigenvalue weighted by Gasteiger charge is 2.01. The average Bonchev–Trinajstić information content (AvgIpc) is 3.00. The van der Waals surface area contributed by atoms with E-state index < -0.39 is 0 Å². The van der Waals surface area contributed by atoms with Gasteiger partial charge >= 0.3 is 0 Å². The van der Waals surface area contributed by atoms with E-state index in [1.165, 1.54) is 0 Å². The van der Waals surface area contributed by atoms with E-state index in [1.807, 2.05) is 57.5 Å². The van der Waals surface area contributed by atoms with Crippen LogP contribution in [0.5, 0.6) is 0 Å². The van der Waals surface area contributed by atoms with E-state index in [9.17, 15) is 0 Å². The number of imidazole rings is 2. The first-order chi connectivity index (χ1) is 8.33. The van der Waals surface area contributed by atoms with Crippen molar-refractivity contribution >= 4 is 0 Å². The van der Waals surface area contributed by atoms with Crippen LogP contribution in [0, 0.1) is 6.33 Å². The van der Waals surface area contributed by atoms with Crippen molar-refractivity contribution in [2.75, 3.05) is 0 Å². The second-order valence-corrected chi connectivity index (χ2v) is 3.70. The van der Waals surface area contributed by atoms with E-state index in [0.29, 0.717) is 0 Å². The van der Waals surface area contributed by atoms with Gasteiger partial charge in [0.05, 0.1) is 7.05 Å². The van der Waals surface area contributed by atoms with Gasteiger partial charge in [0, 0.05) is 24.8 Å². The molecule has 0 aliphatic rings. The molecule has 84 valence electrons. The molecule has 0 aliphatic heterocycles. The molecule has 0 atom stereocenters. The van der Waals surface area contributed by atoms with Crippen molar-refractivity contribution in [3.63, 3.8) is 0 Å². The van der Waals surface area contributed by atoms with Crippen molar-refractivity contribution in [3.8, 4) is 11.6 Å². The minimum absolute atomic E-state index is 0.830. The van der Waals surface area contributed by atoms with Crippen molar-refractivity contribution in [1.82, 2.24) is 19.1 Å². The molecule has 3 rings (SSSR count). The maximum atomic E-state index is 4.54. The first kappa shape index (κ1) is 9.77. The van der Waals surface area contributed by atoms with Gasteiger partial charge in [-0.15, -0.1) is 0 Å². The van der Waals surface area contributed by atoms with E-state index in [2.05, 4.69) is 16.3 Å². The van der Waals surface area contributed by atoms with Crippen LogP contribution in [0.4, 0.5) is 0 Å². The summed E-state index contributed by atoms with van der Waals surface area (Å²) in [5.74, 6) is 1.67. The molecule has 0 saturated heterocycles. The molecule has 3 aromatic heterocycles. The van der Waals surface area contributed by atoms with E-state index in [0.717, 1.165) is 11.6 Å². The van der Waals surface area contributed by atoms with E-state index in [4.69, 9.17) is 0 Å². The molecule has 0 spiro atoms. The van der Waals surface area contributed by atoms with Crippen LogP contribution < -0.4 is 4.57 Å². The molecule has 0 aromatic carbocycles. The SMILES string of the molecule is C[n+]1[c-]n(-c2cccc(-n3ccnc3)n2)cc1. The second-order valence-electron chi connectivity index (χ2n) is 3.70. The first-order valence-electron chi connectivity index (χ1n) is 5.25. The zero-order valence-electron chi connectivity index (χ0n) is 9.35. The molecule has 17 heavy (non-hydrogen) atoms. The third-order valence-corrected chi connectivity index (χ3v) is 2.44. The van der Waals surface area contributed by atoms with Gasteiger partial charge in [-0.3, -0.25) is 4.57 Å². The second kappa shape index (κ2) is 3.86. The molecular weight excluding hydrogens is 214 g/mol. The third-order valence-electron chi connectivity index (χ3n) is 2.44. The number of rotatable bonds is 2. The topological polar surface area (TPSA) is 39.5 Å². The fourth-order valence-electron chi connectivity index (χ4n) is 1.62. The van der Waals surface area contributed by atoms with Crippen LogP contribution in [0.25, 0.3) is 11.6 Å². The van der Waals surface area contributed by atoms with Gasteiger partial charge in [-0.2, -0.15) is 0 Å². The van der Waals surface area contributed by atoms with Gasteiger partial charge in [0.25, 0.3) is 0 Å². The standard InChI is InChI=1S/C12H11N5/c1-15-7-8-17(10-15)12-4-2-3-11(14-12)16-6-5-13-9-16/h2-9H,1H3. The summed E-state index contributed by atoms with van der Waals surface area (Å²) < 4.78 is 5.57. The molecule has 5 nitrogen and oxygen atoms in total. The zero-order valence-corrected chi connectivity index (χ0v) is 9.35. The van der Waals surface area contributed by atoms with Crippen molar-refractivity contribution in [1.29, 1.82) is 0 Å². The van der Waals surface area contributed by atoms with E-state index >= 15 is 0 Å². The fourth-order valence-corrected chi connectivity index (χ4v) is 1.62. The van der Waals surface area contributed by atoms with Gasteiger partial charge in [0.1, 0.15) is 18.0 Å². The van der Waals surface area contributed by atoms with Crippen molar-refractivity contribution < 1.29 is 4.57 Å². The molecule has 0 aliphatic carbocycles. The van der Waals surface area contributed by atoms with E-state index in [1.54, 1.807) is 12.5 Å². The monoisotopic (exact) mass is 225 g/mol. The average molecular weight is 225 g/mol. The Labute approximate surface area is 98.6 Å². The summed E-state index contributed by atoms with van der Waals surface area (Å²) in [7, 11) is 1.93. The quantitative estimate of drug-likeness (QED) is 0.475. The van der Waals surface area contributed by atoms with E-state index in [-0.39, 0.29) is 0 Å². The smallest absolute Gasteiger partial charge is 0.244 e. The number of hydrogen-bond acceptors (Lipinski definition) is 2. The van der Waals surface area contributed by atoms with Crippen LogP contribution in [-0.4, -0.2) is 19.1 Å². The molecule has 3 heterocycles. The Kier molecular flexibility index (Phi) is 2.22. The molecule has 0 amide bonds. The van der Waals surface area contributed by atoms with Crippen molar-refractivity contribution in [2.45, 2.75) is 0 Å². The number of pyridine rings is 1. The Balaban J connectivity index is 2.05. The number of nitrogens with zero attached hydrogens (tertiary/aromatic N) is 5. The van der Waals surface area contributed by atoms with Crippen molar-refractivity contribution in [2.24, 2.45) is 7.05 Å². The molecule has 5 heteroatoms. The predicted molar refractivity (Wildman–Crippen MR) is 60.7 cm³/mol. The Morgan fingerprint density at radius 3 is 2.82 bits per heavy atom. The number of hydrogen-bond donors (Lipinski definition) is 0. The predicted octanol–water partition coefficient (Wildman–Crippen LogP) is 0.683. The first-order valence-corrected chi connectivity index (χ1v) is 5.25. The highest BCUT2D eigenvalue weighted by Crippen LogP contribution is 2.08. The Bertz CT molecular complexity index is 624. The molecule has 0 radical (unpaired) electrons. The van der Waals surface area contributed by atoms with Crippen molar-refractivity contribution in [3.05, 3.63) is 55.6 Å². The fraction of sp³-hybridized carbons (Fsp3) is 0.0833. The Hall–Kier alpha value is -2.43. The summed E-state index contributed by atoms with van der Waals surface area (Å²) in [6, 6.07) is 5.84. The van der Waals surface area contributed by atoms with Gasteiger partial charge in [-0.05, 0) is 12.1 Å². The summed E-state index contributed by atoms with van der Waals surface area (Å²) in [5, 5.41) is 0. The van der Waals surface area contributed by atoms with Crippen LogP contribution in [0.3, 0.4) is 0 Å². The summed E-state index contributed by atoms with van der Waals surface area (Å²) in [6.07, 6.45) is 12.3. The molecule has 0 saturated carbocycles. The zero-order chi connectivity index (χ0) is 11.7. The minimum Gasteiger partial charge on any atom is -0.323 e. The summed E-state index contributed by atoms with van der Waals surface area (Å²) in [6.45, 7) is 0. The Morgan fingerprint density at radius 2 is 2.12 bits per heavy atom. The summed E-state index contributed by atoms with van der Waals surface area (Å²) in [4.78, 5) is 8.55. The van der Waals surface area contributed by atoms with Crippen LogP contribution in [0.1, 0.15) is 0 Å². The molecule has 0 N–H and O–H groups in total. The maximum Gasteiger partial charge on any atom is 0.244 e. The van der Waals surface area contributed by atoms with Crippen LogP contribution in [-0.2, 0) is 7.05 Å². The lowest BCUT2D eigenvalue weighted by molar-refractivity contribution is -0.674. The molecular formula is C12H11N5. The van der Waals surface area contributed by atoms with Gasteiger partial charge in [0.15, 0.2) is 0 Å². The lowest BCUT2D eigenvalue weighted by Crippen LogP contribution is -2.24. The Morgan fingerprint density at radius 1 is 1.24 bits per heavy atom. The number of aromatic nitrogens is 5. The normalized spacial score (nSPS) is 10.6. The van der Waals surface area contributed by atoms with Crippen LogP contribution in [0.2, 0.25) is 0 Å². The van der Waals surface area contributed by atoms with Crippen LogP contribution in [0.15, 0.2) is 49.3 Å². The number of aryl methyl sites for hydroxylation is 1. The summed E-state index contributed by atoms with van der Waals surface area (Å²) >= 11 is 0. The van der Waals surface area contributed by atoms with Crippen LogP contribution >= 0.6 is 0 Å². The van der Waals surface area contributed by atoms with Gasteiger partial charge in [-0.25, -0.2) is 9.97 Å². The largest absolute Gasteiger partial charge is 0.323 e. The summed E-state index contributed by atoms with van der Waals surface area (Å²) in [5.41, 5.74) is 0. The van der Waals surface area contributed by atoms with Gasteiger partial charge < -0.3 is 9.13 Å². The molecule has 0 fully saturated rings. The third kappa shape index (κ3) is 1.82. The molecule has 0 unspecified atom stereocenters. The maximum absolute atomic E-state index is 4.54. The lowest BCUT2D eigenvalue weighted by Gasteiger charge is -2.05. The molecule has 0 bridgehead atoms. The highest BCUT2D eigenvalue weighted by molar-refractivity contribution is 5.31. The van der Waals surface area contributed by atoms with Gasteiger partial charge in [0.2, 0.25) is 6.33 Å². The highest BCUT2D eigenvalue weighted by atomic mass is 15.2. The lowest BCUT2D eigenvalue weighted by atomic mass is 10.4. The van der Waals surface area contributed by atoms with Gasteiger partial charge in [-0.1, -0.05) is 6.07 Å². The molecule has 3 aromatic rings. The minimum atomic E-state index is 0.830.